The summed E-state index contributed by atoms with van der Waals surface area (Å²) in [6.45, 7) is 6.62. The van der Waals surface area contributed by atoms with Crippen LogP contribution in [-0.2, 0) is 11.3 Å². The molecule has 2 aromatic rings. The molecule has 0 radical (unpaired) electrons. The minimum atomic E-state index is -0.526. The van der Waals surface area contributed by atoms with E-state index in [4.69, 9.17) is 15.2 Å². The van der Waals surface area contributed by atoms with Crippen molar-refractivity contribution < 1.29 is 19.1 Å². The Labute approximate surface area is 189 Å². The lowest BCUT2D eigenvalue weighted by Crippen LogP contribution is -2.44. The molecule has 32 heavy (non-hydrogen) atoms. The molecular weight excluding hydrogens is 406 g/mol. The molecule has 2 fully saturated rings. The molecule has 2 aliphatic rings. The van der Waals surface area contributed by atoms with Crippen LogP contribution < -0.4 is 10.5 Å². The van der Waals surface area contributed by atoms with Crippen molar-refractivity contribution in [3.05, 3.63) is 65.2 Å². The Morgan fingerprint density at radius 3 is 2.50 bits per heavy atom. The minimum Gasteiger partial charge on any atom is -0.488 e. The topological polar surface area (TPSA) is 85.1 Å². The van der Waals surface area contributed by atoms with Gasteiger partial charge < -0.3 is 20.1 Å². The van der Waals surface area contributed by atoms with Gasteiger partial charge in [-0.25, -0.2) is 0 Å². The van der Waals surface area contributed by atoms with Crippen LogP contribution in [0.4, 0.5) is 0 Å². The first-order valence-corrected chi connectivity index (χ1v) is 11.3. The zero-order valence-electron chi connectivity index (χ0n) is 18.4. The van der Waals surface area contributed by atoms with Gasteiger partial charge in [-0.15, -0.1) is 0 Å². The molecule has 0 aromatic heterocycles. The predicted octanol–water partition coefficient (Wildman–Crippen LogP) is 2.55. The molecule has 2 aliphatic heterocycles. The van der Waals surface area contributed by atoms with Crippen LogP contribution in [0.5, 0.6) is 5.75 Å². The molecule has 2 N–H and O–H groups in total. The molecule has 170 valence electrons. The lowest BCUT2D eigenvalue weighted by atomic mass is 9.95. The molecule has 2 amide bonds. The first kappa shape index (κ1) is 22.3. The number of carbonyl (C=O) groups is 2. The maximum atomic E-state index is 13.1. The number of likely N-dealkylation sites (tertiary alicyclic amines) is 1. The normalized spacial score (nSPS) is 17.8. The number of benzene rings is 2. The average Bonchev–Trinajstić information content (AvgIpc) is 2.84. The predicted molar refractivity (Wildman–Crippen MR) is 122 cm³/mol. The van der Waals surface area contributed by atoms with Gasteiger partial charge in [0.1, 0.15) is 12.4 Å². The van der Waals surface area contributed by atoms with Crippen molar-refractivity contribution in [2.24, 2.45) is 11.7 Å². The second-order valence-corrected chi connectivity index (χ2v) is 8.50. The van der Waals surface area contributed by atoms with E-state index >= 15 is 0 Å². The van der Waals surface area contributed by atoms with E-state index in [1.54, 1.807) is 24.3 Å². The van der Waals surface area contributed by atoms with Crippen molar-refractivity contribution in [2.45, 2.75) is 19.4 Å². The van der Waals surface area contributed by atoms with Gasteiger partial charge in [0, 0.05) is 38.3 Å². The number of nitrogens with two attached hydrogens (primary N) is 1. The molecule has 7 nitrogen and oxygen atoms in total. The quantitative estimate of drug-likeness (QED) is 0.720. The Kier molecular flexibility index (Phi) is 7.39. The van der Waals surface area contributed by atoms with Crippen LogP contribution >= 0.6 is 0 Å². The molecule has 0 aliphatic carbocycles. The smallest absolute Gasteiger partial charge is 0.253 e. The number of ether oxygens (including phenoxy) is 2. The number of para-hydroxylation sites is 1. The molecule has 4 rings (SSSR count). The van der Waals surface area contributed by atoms with Crippen molar-refractivity contribution in [1.82, 2.24) is 9.80 Å². The molecule has 0 spiro atoms. The van der Waals surface area contributed by atoms with Gasteiger partial charge in [0.05, 0.1) is 18.8 Å². The van der Waals surface area contributed by atoms with E-state index in [-0.39, 0.29) is 12.5 Å². The van der Waals surface area contributed by atoms with E-state index < -0.39 is 5.91 Å². The van der Waals surface area contributed by atoms with Gasteiger partial charge in [-0.2, -0.15) is 0 Å². The van der Waals surface area contributed by atoms with Crippen LogP contribution in [0.3, 0.4) is 0 Å². The summed E-state index contributed by atoms with van der Waals surface area (Å²) in [5.74, 6) is 0.622. The van der Waals surface area contributed by atoms with E-state index in [9.17, 15) is 9.59 Å². The fraction of sp³-hybridized carbons (Fsp3) is 0.440. The molecule has 2 aromatic carbocycles. The summed E-state index contributed by atoms with van der Waals surface area (Å²) >= 11 is 0. The van der Waals surface area contributed by atoms with Crippen LogP contribution in [-0.4, -0.2) is 67.6 Å². The van der Waals surface area contributed by atoms with Crippen molar-refractivity contribution >= 4 is 11.8 Å². The van der Waals surface area contributed by atoms with Gasteiger partial charge in [0.25, 0.3) is 11.8 Å². The summed E-state index contributed by atoms with van der Waals surface area (Å²) in [4.78, 5) is 29.1. The fourth-order valence-electron chi connectivity index (χ4n) is 4.40. The van der Waals surface area contributed by atoms with Gasteiger partial charge in [-0.3, -0.25) is 14.5 Å². The zero-order chi connectivity index (χ0) is 22.3. The van der Waals surface area contributed by atoms with Crippen molar-refractivity contribution in [2.75, 3.05) is 45.9 Å². The maximum Gasteiger partial charge on any atom is 0.253 e. The highest BCUT2D eigenvalue weighted by Crippen LogP contribution is 2.22. The summed E-state index contributed by atoms with van der Waals surface area (Å²) in [6.07, 6.45) is 2.08. The van der Waals surface area contributed by atoms with Crippen molar-refractivity contribution in [3.63, 3.8) is 0 Å². The summed E-state index contributed by atoms with van der Waals surface area (Å²) in [6, 6.07) is 14.4. The lowest BCUT2D eigenvalue weighted by Gasteiger charge is -2.36. The summed E-state index contributed by atoms with van der Waals surface area (Å²) in [7, 11) is 0. The highest BCUT2D eigenvalue weighted by Gasteiger charge is 2.25. The lowest BCUT2D eigenvalue weighted by molar-refractivity contribution is 0.0243. The minimum absolute atomic E-state index is 0.0641. The molecular formula is C25H31N3O4. The second-order valence-electron chi connectivity index (χ2n) is 8.50. The highest BCUT2D eigenvalue weighted by atomic mass is 16.5. The monoisotopic (exact) mass is 437 g/mol. The molecule has 7 heteroatoms. The Balaban J connectivity index is 1.31. The zero-order valence-corrected chi connectivity index (χ0v) is 18.4. The van der Waals surface area contributed by atoms with Gasteiger partial charge in [0.2, 0.25) is 0 Å². The molecule has 2 saturated heterocycles. The number of primary amides is 1. The third-order valence-corrected chi connectivity index (χ3v) is 6.24. The first-order chi connectivity index (χ1) is 15.6. The second kappa shape index (κ2) is 10.6. The number of amides is 2. The van der Waals surface area contributed by atoms with Gasteiger partial charge in [-0.1, -0.05) is 24.3 Å². The summed E-state index contributed by atoms with van der Waals surface area (Å²) in [5, 5.41) is 0. The maximum absolute atomic E-state index is 13.1. The first-order valence-electron chi connectivity index (χ1n) is 11.3. The number of morpholine rings is 1. The van der Waals surface area contributed by atoms with Crippen LogP contribution in [0, 0.1) is 5.92 Å². The largest absolute Gasteiger partial charge is 0.488 e. The standard InChI is InChI=1S/C25H31N3O4/c26-24(29)22-6-1-2-7-23(22)32-18-20-4-3-5-21(16-20)25(30)28-10-8-19(9-11-28)17-27-12-14-31-15-13-27/h1-7,16,19H,8-15,17-18H2,(H2,26,29). The van der Waals surface area contributed by atoms with Gasteiger partial charge >= 0.3 is 0 Å². The fourth-order valence-corrected chi connectivity index (χ4v) is 4.40. The molecule has 2 heterocycles. The number of rotatable bonds is 7. The van der Waals surface area contributed by atoms with Gasteiger partial charge in [0.15, 0.2) is 0 Å². The molecule has 0 bridgehead atoms. The average molecular weight is 438 g/mol. The summed E-state index contributed by atoms with van der Waals surface area (Å²) in [5.41, 5.74) is 7.30. The van der Waals surface area contributed by atoms with E-state index in [0.29, 0.717) is 22.8 Å². The third kappa shape index (κ3) is 5.66. The van der Waals surface area contributed by atoms with E-state index in [2.05, 4.69) is 4.90 Å². The van der Waals surface area contributed by atoms with Crippen LogP contribution in [0.1, 0.15) is 39.1 Å². The Hall–Kier alpha value is -2.90. The van der Waals surface area contributed by atoms with E-state index in [0.717, 1.165) is 64.3 Å². The molecule has 0 saturated carbocycles. The molecule has 0 atom stereocenters. The Morgan fingerprint density at radius 2 is 1.75 bits per heavy atom. The third-order valence-electron chi connectivity index (χ3n) is 6.24. The van der Waals surface area contributed by atoms with Crippen LogP contribution in [0.15, 0.2) is 48.5 Å². The number of nitrogens with zero attached hydrogens (tertiary/aromatic N) is 2. The Bertz CT molecular complexity index is 934. The van der Waals surface area contributed by atoms with E-state index in [1.807, 2.05) is 29.2 Å². The number of carbonyl (C=O) groups excluding carboxylic acids is 2. The van der Waals surface area contributed by atoms with Crippen molar-refractivity contribution in [1.29, 1.82) is 0 Å². The summed E-state index contributed by atoms with van der Waals surface area (Å²) < 4.78 is 11.2. The van der Waals surface area contributed by atoms with E-state index in [1.165, 1.54) is 0 Å². The van der Waals surface area contributed by atoms with Gasteiger partial charge in [-0.05, 0) is 48.6 Å². The van der Waals surface area contributed by atoms with Crippen LogP contribution in [0.25, 0.3) is 0 Å². The van der Waals surface area contributed by atoms with Crippen LogP contribution in [0.2, 0.25) is 0 Å². The molecule has 0 unspecified atom stereocenters. The number of piperidine rings is 1. The SMILES string of the molecule is NC(=O)c1ccccc1OCc1cccc(C(=O)N2CCC(CN3CCOCC3)CC2)c1. The van der Waals surface area contributed by atoms with Crippen molar-refractivity contribution in [3.8, 4) is 5.75 Å². The number of hydrogen-bond acceptors (Lipinski definition) is 5. The highest BCUT2D eigenvalue weighted by molar-refractivity contribution is 5.95. The Morgan fingerprint density at radius 1 is 1.00 bits per heavy atom. The number of hydrogen-bond donors (Lipinski definition) is 1.